The van der Waals surface area contributed by atoms with E-state index in [-0.39, 0.29) is 0 Å². The molecule has 0 bridgehead atoms. The normalized spacial score (nSPS) is 10.9. The fourth-order valence-corrected chi connectivity index (χ4v) is 1.60. The third kappa shape index (κ3) is 1.19. The first-order chi connectivity index (χ1) is 7.34. The molecule has 0 saturated heterocycles. The van der Waals surface area contributed by atoms with E-state index in [0.29, 0.717) is 11.6 Å². The first-order valence-corrected chi connectivity index (χ1v) is 4.53. The van der Waals surface area contributed by atoms with Crippen LogP contribution in [0.5, 0.6) is 0 Å². The molecule has 0 unspecified atom stereocenters. The molecule has 4 heteroatoms. The maximum absolute atomic E-state index is 5.50. The van der Waals surface area contributed by atoms with Gasteiger partial charge in [-0.05, 0) is 12.1 Å². The second-order valence-corrected chi connectivity index (χ2v) is 3.26. The molecule has 0 amide bonds. The number of anilines is 1. The standard InChI is InChI=1S/C11H8N2O2/c12-10-6-9(15-13-10)8-3-1-2-7-4-5-14-11(7)8/h1-6H,(H2,12,13). The number of nitrogens with two attached hydrogens (primary N) is 1. The zero-order valence-corrected chi connectivity index (χ0v) is 7.81. The molecular formula is C11H8N2O2. The van der Waals surface area contributed by atoms with Gasteiger partial charge in [0, 0.05) is 11.5 Å². The highest BCUT2D eigenvalue weighted by Gasteiger charge is 2.10. The Bertz CT molecular complexity index is 610. The highest BCUT2D eigenvalue weighted by Crippen LogP contribution is 2.29. The van der Waals surface area contributed by atoms with Gasteiger partial charge in [0.15, 0.2) is 11.6 Å². The van der Waals surface area contributed by atoms with Crippen molar-refractivity contribution in [1.82, 2.24) is 5.16 Å². The summed E-state index contributed by atoms with van der Waals surface area (Å²) >= 11 is 0. The van der Waals surface area contributed by atoms with Crippen LogP contribution in [0.4, 0.5) is 5.82 Å². The quantitative estimate of drug-likeness (QED) is 0.655. The van der Waals surface area contributed by atoms with E-state index < -0.39 is 0 Å². The average molecular weight is 200 g/mol. The molecule has 0 spiro atoms. The van der Waals surface area contributed by atoms with Crippen LogP contribution in [-0.4, -0.2) is 5.16 Å². The lowest BCUT2D eigenvalue weighted by Crippen LogP contribution is -1.80. The van der Waals surface area contributed by atoms with Crippen LogP contribution < -0.4 is 5.73 Å². The SMILES string of the molecule is Nc1cc(-c2cccc3ccoc23)on1. The van der Waals surface area contributed by atoms with E-state index in [1.807, 2.05) is 24.3 Å². The summed E-state index contributed by atoms with van der Waals surface area (Å²) in [7, 11) is 0. The van der Waals surface area contributed by atoms with Crippen LogP contribution in [0.15, 0.2) is 45.5 Å². The van der Waals surface area contributed by atoms with Crippen LogP contribution >= 0.6 is 0 Å². The van der Waals surface area contributed by atoms with Crippen LogP contribution in [0.3, 0.4) is 0 Å². The molecule has 0 atom stereocenters. The summed E-state index contributed by atoms with van der Waals surface area (Å²) in [5, 5.41) is 4.68. The molecule has 2 aromatic heterocycles. The fraction of sp³-hybridized carbons (Fsp3) is 0. The average Bonchev–Trinajstić information content (AvgIpc) is 2.84. The largest absolute Gasteiger partial charge is 0.464 e. The molecule has 4 nitrogen and oxygen atoms in total. The number of para-hydroxylation sites is 1. The summed E-state index contributed by atoms with van der Waals surface area (Å²) in [5.74, 6) is 0.988. The van der Waals surface area contributed by atoms with Crippen molar-refractivity contribution in [2.24, 2.45) is 0 Å². The van der Waals surface area contributed by atoms with E-state index >= 15 is 0 Å². The van der Waals surface area contributed by atoms with Crippen LogP contribution in [0.1, 0.15) is 0 Å². The number of nitrogen functional groups attached to an aromatic ring is 1. The van der Waals surface area contributed by atoms with E-state index in [1.54, 1.807) is 12.3 Å². The molecule has 74 valence electrons. The Balaban J connectivity index is 2.30. The van der Waals surface area contributed by atoms with Gasteiger partial charge in [-0.2, -0.15) is 0 Å². The number of hydrogen-bond donors (Lipinski definition) is 1. The van der Waals surface area contributed by atoms with Crippen LogP contribution in [0.25, 0.3) is 22.3 Å². The topological polar surface area (TPSA) is 65.2 Å². The summed E-state index contributed by atoms with van der Waals surface area (Å²) in [5.41, 5.74) is 7.15. The summed E-state index contributed by atoms with van der Waals surface area (Å²) < 4.78 is 10.5. The summed E-state index contributed by atoms with van der Waals surface area (Å²) in [4.78, 5) is 0. The minimum Gasteiger partial charge on any atom is -0.464 e. The Morgan fingerprint density at radius 2 is 2.13 bits per heavy atom. The molecule has 3 rings (SSSR count). The van der Waals surface area contributed by atoms with Gasteiger partial charge in [-0.1, -0.05) is 17.3 Å². The van der Waals surface area contributed by atoms with E-state index in [0.717, 1.165) is 16.5 Å². The molecule has 2 heterocycles. The van der Waals surface area contributed by atoms with Crippen molar-refractivity contribution in [3.63, 3.8) is 0 Å². The maximum Gasteiger partial charge on any atom is 0.172 e. The number of fused-ring (bicyclic) bond motifs is 1. The predicted octanol–water partition coefficient (Wildman–Crippen LogP) is 2.67. The lowest BCUT2D eigenvalue weighted by Gasteiger charge is -1.95. The molecule has 0 aliphatic carbocycles. The molecule has 0 aliphatic rings. The number of furan rings is 1. The minimum atomic E-state index is 0.369. The van der Waals surface area contributed by atoms with Gasteiger partial charge in [-0.3, -0.25) is 0 Å². The van der Waals surface area contributed by atoms with Crippen molar-refractivity contribution in [3.8, 4) is 11.3 Å². The van der Waals surface area contributed by atoms with Crippen LogP contribution in [0, 0.1) is 0 Å². The molecule has 0 aliphatic heterocycles. The van der Waals surface area contributed by atoms with Gasteiger partial charge >= 0.3 is 0 Å². The third-order valence-corrected chi connectivity index (χ3v) is 2.27. The Hall–Kier alpha value is -2.23. The van der Waals surface area contributed by atoms with Gasteiger partial charge in [0.05, 0.1) is 11.8 Å². The summed E-state index contributed by atoms with van der Waals surface area (Å²) in [6, 6.07) is 9.40. The Morgan fingerprint density at radius 1 is 1.20 bits per heavy atom. The lowest BCUT2D eigenvalue weighted by atomic mass is 10.1. The van der Waals surface area contributed by atoms with Crippen molar-refractivity contribution in [2.75, 3.05) is 5.73 Å². The van der Waals surface area contributed by atoms with Crippen LogP contribution in [-0.2, 0) is 0 Å². The van der Waals surface area contributed by atoms with Crippen molar-refractivity contribution in [2.45, 2.75) is 0 Å². The number of benzene rings is 1. The molecular weight excluding hydrogens is 192 g/mol. The van der Waals surface area contributed by atoms with E-state index in [4.69, 9.17) is 14.7 Å². The van der Waals surface area contributed by atoms with Crippen LogP contribution in [0.2, 0.25) is 0 Å². The molecule has 15 heavy (non-hydrogen) atoms. The Morgan fingerprint density at radius 3 is 2.93 bits per heavy atom. The van der Waals surface area contributed by atoms with Gasteiger partial charge < -0.3 is 14.7 Å². The van der Waals surface area contributed by atoms with Gasteiger partial charge in [-0.25, -0.2) is 0 Å². The molecule has 3 aromatic rings. The smallest absolute Gasteiger partial charge is 0.172 e. The lowest BCUT2D eigenvalue weighted by molar-refractivity contribution is 0.435. The van der Waals surface area contributed by atoms with Gasteiger partial charge in [0.25, 0.3) is 0 Å². The molecule has 0 saturated carbocycles. The Labute approximate surface area is 85.3 Å². The number of rotatable bonds is 1. The summed E-state index contributed by atoms with van der Waals surface area (Å²) in [6.07, 6.45) is 1.65. The first kappa shape index (κ1) is 8.11. The van der Waals surface area contributed by atoms with Gasteiger partial charge in [0.1, 0.15) is 5.58 Å². The Kier molecular flexibility index (Phi) is 1.56. The predicted molar refractivity (Wildman–Crippen MR) is 56.1 cm³/mol. The highest BCUT2D eigenvalue weighted by molar-refractivity contribution is 5.91. The molecule has 1 aromatic carbocycles. The van der Waals surface area contributed by atoms with E-state index in [2.05, 4.69) is 5.16 Å². The van der Waals surface area contributed by atoms with Crippen molar-refractivity contribution in [1.29, 1.82) is 0 Å². The highest BCUT2D eigenvalue weighted by atomic mass is 16.5. The van der Waals surface area contributed by atoms with Gasteiger partial charge in [0.2, 0.25) is 0 Å². The number of hydrogen-bond acceptors (Lipinski definition) is 4. The molecule has 0 fully saturated rings. The number of nitrogens with zero attached hydrogens (tertiary/aromatic N) is 1. The number of aromatic nitrogens is 1. The fourth-order valence-electron chi connectivity index (χ4n) is 1.60. The van der Waals surface area contributed by atoms with E-state index in [9.17, 15) is 0 Å². The van der Waals surface area contributed by atoms with Crippen molar-refractivity contribution >= 4 is 16.8 Å². The van der Waals surface area contributed by atoms with Crippen molar-refractivity contribution < 1.29 is 8.94 Å². The van der Waals surface area contributed by atoms with Crippen molar-refractivity contribution in [3.05, 3.63) is 36.6 Å². The zero-order valence-electron chi connectivity index (χ0n) is 7.81. The molecule has 0 radical (unpaired) electrons. The first-order valence-electron chi connectivity index (χ1n) is 4.53. The third-order valence-electron chi connectivity index (χ3n) is 2.27. The van der Waals surface area contributed by atoms with E-state index in [1.165, 1.54) is 0 Å². The zero-order chi connectivity index (χ0) is 10.3. The van der Waals surface area contributed by atoms with Gasteiger partial charge in [-0.15, -0.1) is 0 Å². The second-order valence-electron chi connectivity index (χ2n) is 3.26. The maximum atomic E-state index is 5.50. The second kappa shape index (κ2) is 2.88. The monoisotopic (exact) mass is 200 g/mol. The summed E-state index contributed by atoms with van der Waals surface area (Å²) in [6.45, 7) is 0. The molecule has 2 N–H and O–H groups in total. The minimum absolute atomic E-state index is 0.369.